The van der Waals surface area contributed by atoms with Gasteiger partial charge < -0.3 is 9.67 Å². The maximum atomic E-state index is 13.6. The van der Waals surface area contributed by atoms with Crippen LogP contribution in [-0.4, -0.2) is 30.2 Å². The molecule has 5 nitrogen and oxygen atoms in total. The predicted octanol–water partition coefficient (Wildman–Crippen LogP) is 3.27. The highest BCUT2D eigenvalue weighted by molar-refractivity contribution is 5.79. The van der Waals surface area contributed by atoms with Gasteiger partial charge in [-0.25, -0.2) is 23.7 Å². The van der Waals surface area contributed by atoms with Crippen molar-refractivity contribution in [2.45, 2.75) is 38.2 Å². The predicted molar refractivity (Wildman–Crippen MR) is 96.7 cm³/mol. The van der Waals surface area contributed by atoms with E-state index >= 15 is 0 Å². The van der Waals surface area contributed by atoms with Crippen molar-refractivity contribution in [3.05, 3.63) is 41.4 Å². The summed E-state index contributed by atoms with van der Waals surface area (Å²) >= 11 is 0. The van der Waals surface area contributed by atoms with E-state index in [1.807, 2.05) is 0 Å². The Balaban J connectivity index is 1.81. The van der Waals surface area contributed by atoms with Gasteiger partial charge in [-0.2, -0.15) is 0 Å². The maximum absolute atomic E-state index is 13.6. The first-order chi connectivity index (χ1) is 12.8. The highest BCUT2D eigenvalue weighted by Gasteiger charge is 2.28. The topological polar surface area (TPSA) is 63.8 Å². The highest BCUT2D eigenvalue weighted by atomic mass is 19.1. The van der Waals surface area contributed by atoms with Crippen LogP contribution in [-0.2, 0) is 7.05 Å². The number of aliphatic hydroxyl groups is 1. The number of rotatable bonds is 1. The number of halogens is 2. The second kappa shape index (κ2) is 6.39. The van der Waals surface area contributed by atoms with Gasteiger partial charge in [0.25, 0.3) is 0 Å². The first kappa shape index (κ1) is 17.6. The standard InChI is InChI=1S/C20H18F2N4O/c1-12-17-19(24-16(23-12)5-8-20(27)6-3-4-7-20)26(2)18(25-17)13-9-14(21)11-15(22)10-13/h9-11,27H,3-4,6-7H2,1-2H3. The molecule has 4 rings (SSSR count). The molecule has 1 aliphatic carbocycles. The third-order valence-corrected chi connectivity index (χ3v) is 4.85. The van der Waals surface area contributed by atoms with Crippen molar-refractivity contribution in [2.24, 2.45) is 7.05 Å². The molecular weight excluding hydrogens is 350 g/mol. The molecule has 0 unspecified atom stereocenters. The van der Waals surface area contributed by atoms with Crippen LogP contribution in [0.1, 0.15) is 37.2 Å². The van der Waals surface area contributed by atoms with E-state index in [2.05, 4.69) is 26.8 Å². The molecule has 3 aromatic rings. The number of benzene rings is 1. The Morgan fingerprint density at radius 1 is 1.07 bits per heavy atom. The SMILES string of the molecule is Cc1nc(C#CC2(O)CCCC2)nc2c1nc(-c1cc(F)cc(F)c1)n2C. The summed E-state index contributed by atoms with van der Waals surface area (Å²) in [5, 5.41) is 10.4. The van der Waals surface area contributed by atoms with Crippen molar-refractivity contribution in [2.75, 3.05) is 0 Å². The third kappa shape index (κ3) is 3.28. The Morgan fingerprint density at radius 2 is 1.74 bits per heavy atom. The first-order valence-corrected chi connectivity index (χ1v) is 8.78. The smallest absolute Gasteiger partial charge is 0.207 e. The highest BCUT2D eigenvalue weighted by Crippen LogP contribution is 2.29. The molecule has 0 spiro atoms. The van der Waals surface area contributed by atoms with Crippen LogP contribution < -0.4 is 0 Å². The van der Waals surface area contributed by atoms with Crippen LogP contribution in [0.15, 0.2) is 18.2 Å². The van der Waals surface area contributed by atoms with Crippen LogP contribution in [0.25, 0.3) is 22.6 Å². The summed E-state index contributed by atoms with van der Waals surface area (Å²) in [6.07, 6.45) is 3.23. The zero-order chi connectivity index (χ0) is 19.2. The number of nitrogens with zero attached hydrogens (tertiary/aromatic N) is 4. The minimum absolute atomic E-state index is 0.292. The molecule has 0 radical (unpaired) electrons. The molecule has 1 saturated carbocycles. The Hall–Kier alpha value is -2.85. The van der Waals surface area contributed by atoms with Crippen molar-refractivity contribution in [1.29, 1.82) is 0 Å². The normalized spacial score (nSPS) is 15.7. The Labute approximate surface area is 155 Å². The average molecular weight is 368 g/mol. The van der Waals surface area contributed by atoms with E-state index in [0.717, 1.165) is 18.9 Å². The number of imidazole rings is 1. The number of aryl methyl sites for hydroxylation is 2. The number of hydrogen-bond donors (Lipinski definition) is 1. The van der Waals surface area contributed by atoms with Gasteiger partial charge in [0.1, 0.15) is 28.6 Å². The summed E-state index contributed by atoms with van der Waals surface area (Å²) in [5.74, 6) is 5.10. The molecule has 0 saturated heterocycles. The summed E-state index contributed by atoms with van der Waals surface area (Å²) in [4.78, 5) is 13.3. The van der Waals surface area contributed by atoms with Gasteiger partial charge in [0, 0.05) is 18.7 Å². The maximum Gasteiger partial charge on any atom is 0.207 e. The molecule has 1 aromatic carbocycles. The summed E-state index contributed by atoms with van der Waals surface area (Å²) < 4.78 is 28.8. The fourth-order valence-corrected chi connectivity index (χ4v) is 3.45. The second-order valence-electron chi connectivity index (χ2n) is 6.95. The van der Waals surface area contributed by atoms with Crippen molar-refractivity contribution in [3.8, 4) is 23.2 Å². The lowest BCUT2D eigenvalue weighted by atomic mass is 10.0. The van der Waals surface area contributed by atoms with Crippen molar-refractivity contribution >= 4 is 11.2 Å². The fraction of sp³-hybridized carbons (Fsp3) is 0.350. The van der Waals surface area contributed by atoms with E-state index in [4.69, 9.17) is 0 Å². The van der Waals surface area contributed by atoms with Crippen molar-refractivity contribution in [3.63, 3.8) is 0 Å². The van der Waals surface area contributed by atoms with Gasteiger partial charge in [0.15, 0.2) is 5.65 Å². The van der Waals surface area contributed by atoms with Crippen LogP contribution >= 0.6 is 0 Å². The van der Waals surface area contributed by atoms with Crippen LogP contribution in [0.3, 0.4) is 0 Å². The molecule has 1 aliphatic rings. The number of aromatic nitrogens is 4. The van der Waals surface area contributed by atoms with E-state index in [-0.39, 0.29) is 0 Å². The molecule has 0 aliphatic heterocycles. The molecule has 0 bridgehead atoms. The molecule has 2 aromatic heterocycles. The molecular formula is C20H18F2N4O. The number of hydrogen-bond acceptors (Lipinski definition) is 4. The van der Waals surface area contributed by atoms with E-state index in [1.54, 1.807) is 18.5 Å². The molecule has 0 amide bonds. The van der Waals surface area contributed by atoms with Gasteiger partial charge in [0.2, 0.25) is 5.82 Å². The fourth-order valence-electron chi connectivity index (χ4n) is 3.45. The zero-order valence-electron chi connectivity index (χ0n) is 15.1. The average Bonchev–Trinajstić information content (AvgIpc) is 3.18. The molecule has 1 N–H and O–H groups in total. The zero-order valence-corrected chi connectivity index (χ0v) is 15.1. The monoisotopic (exact) mass is 368 g/mol. The summed E-state index contributed by atoms with van der Waals surface area (Å²) in [7, 11) is 1.72. The van der Waals surface area contributed by atoms with Crippen LogP contribution in [0, 0.1) is 30.4 Å². The van der Waals surface area contributed by atoms with Crippen LogP contribution in [0.5, 0.6) is 0 Å². The van der Waals surface area contributed by atoms with Gasteiger partial charge in [-0.15, -0.1) is 0 Å². The summed E-state index contributed by atoms with van der Waals surface area (Å²) in [6.45, 7) is 1.78. The van der Waals surface area contributed by atoms with Crippen molar-refractivity contribution in [1.82, 2.24) is 19.5 Å². The van der Waals surface area contributed by atoms with Gasteiger partial charge in [-0.3, -0.25) is 0 Å². The van der Waals surface area contributed by atoms with Gasteiger partial charge in [0.05, 0.1) is 5.69 Å². The van der Waals surface area contributed by atoms with Gasteiger partial charge in [-0.05, 0) is 50.7 Å². The molecule has 27 heavy (non-hydrogen) atoms. The van der Waals surface area contributed by atoms with Gasteiger partial charge in [-0.1, -0.05) is 5.92 Å². The van der Waals surface area contributed by atoms with Crippen LogP contribution in [0.2, 0.25) is 0 Å². The Bertz CT molecular complexity index is 1080. The molecule has 1 fully saturated rings. The van der Waals surface area contributed by atoms with E-state index in [1.165, 1.54) is 12.1 Å². The van der Waals surface area contributed by atoms with Crippen molar-refractivity contribution < 1.29 is 13.9 Å². The van der Waals surface area contributed by atoms with Crippen LogP contribution in [0.4, 0.5) is 8.78 Å². The van der Waals surface area contributed by atoms with E-state index in [9.17, 15) is 13.9 Å². The Morgan fingerprint density at radius 3 is 2.41 bits per heavy atom. The van der Waals surface area contributed by atoms with Gasteiger partial charge >= 0.3 is 0 Å². The minimum atomic E-state index is -0.969. The molecule has 138 valence electrons. The molecule has 0 atom stereocenters. The second-order valence-corrected chi connectivity index (χ2v) is 6.95. The number of fused-ring (bicyclic) bond motifs is 1. The lowest BCUT2D eigenvalue weighted by molar-refractivity contribution is 0.110. The molecule has 2 heterocycles. The first-order valence-electron chi connectivity index (χ1n) is 8.78. The Kier molecular flexibility index (Phi) is 4.16. The van der Waals surface area contributed by atoms with E-state index < -0.39 is 17.2 Å². The quantitative estimate of drug-likeness (QED) is 0.670. The minimum Gasteiger partial charge on any atom is -0.378 e. The lowest BCUT2D eigenvalue weighted by Gasteiger charge is -2.12. The summed E-state index contributed by atoms with van der Waals surface area (Å²) in [5.41, 5.74) is 1.03. The largest absolute Gasteiger partial charge is 0.378 e. The molecule has 7 heteroatoms. The summed E-state index contributed by atoms with van der Waals surface area (Å²) in [6, 6.07) is 3.27. The third-order valence-electron chi connectivity index (χ3n) is 4.85. The lowest BCUT2D eigenvalue weighted by Crippen LogP contribution is -2.20. The van der Waals surface area contributed by atoms with E-state index in [0.29, 0.717) is 46.9 Å².